The van der Waals surface area contributed by atoms with Crippen LogP contribution in [0.25, 0.3) is 0 Å². The third-order valence-corrected chi connectivity index (χ3v) is 2.89. The van der Waals surface area contributed by atoms with E-state index in [-0.39, 0.29) is 44.3 Å². The molecular weight excluding hydrogens is 336 g/mol. The SMILES string of the molecule is Cc1nonc1C(=O)NCC(=O)N(CCO)Cc1ncc[nH]1.O=CO. The number of carbonyl (C=O) groups excluding carboxylic acids is 2. The molecule has 0 radical (unpaired) electrons. The van der Waals surface area contributed by atoms with Gasteiger partial charge in [-0.15, -0.1) is 0 Å². The van der Waals surface area contributed by atoms with Crippen LogP contribution in [0.5, 0.6) is 0 Å². The molecule has 0 aliphatic heterocycles. The summed E-state index contributed by atoms with van der Waals surface area (Å²) in [5.41, 5.74) is 0.375. The van der Waals surface area contributed by atoms with Gasteiger partial charge >= 0.3 is 0 Å². The number of aliphatic hydroxyl groups is 1. The molecular formula is C13H18N6O6. The number of carbonyl (C=O) groups is 3. The highest BCUT2D eigenvalue weighted by Crippen LogP contribution is 2.01. The lowest BCUT2D eigenvalue weighted by atomic mass is 10.3. The molecule has 0 unspecified atom stereocenters. The Bertz CT molecular complexity index is 670. The molecule has 0 spiro atoms. The van der Waals surface area contributed by atoms with E-state index < -0.39 is 5.91 Å². The van der Waals surface area contributed by atoms with Crippen molar-refractivity contribution in [2.24, 2.45) is 0 Å². The Morgan fingerprint density at radius 2 is 2.16 bits per heavy atom. The fourth-order valence-corrected chi connectivity index (χ4v) is 1.77. The first-order chi connectivity index (χ1) is 12.0. The van der Waals surface area contributed by atoms with Crippen LogP contribution >= 0.6 is 0 Å². The first-order valence-corrected chi connectivity index (χ1v) is 7.05. The summed E-state index contributed by atoms with van der Waals surface area (Å²) in [6.07, 6.45) is 3.21. The number of rotatable bonds is 7. The van der Waals surface area contributed by atoms with Crippen molar-refractivity contribution >= 4 is 18.3 Å². The van der Waals surface area contributed by atoms with Crippen LogP contribution in [0.2, 0.25) is 0 Å². The van der Waals surface area contributed by atoms with Gasteiger partial charge in [0, 0.05) is 18.9 Å². The number of H-pyrrole nitrogens is 1. The zero-order valence-electron chi connectivity index (χ0n) is 13.4. The molecule has 2 rings (SSSR count). The van der Waals surface area contributed by atoms with Gasteiger partial charge < -0.3 is 25.4 Å². The van der Waals surface area contributed by atoms with Crippen molar-refractivity contribution in [2.45, 2.75) is 13.5 Å². The van der Waals surface area contributed by atoms with Crippen LogP contribution in [0.4, 0.5) is 0 Å². The summed E-state index contributed by atoms with van der Waals surface area (Å²) in [7, 11) is 0. The Labute approximate surface area is 141 Å². The van der Waals surface area contributed by atoms with Crippen LogP contribution < -0.4 is 5.32 Å². The first-order valence-electron chi connectivity index (χ1n) is 7.05. The maximum Gasteiger partial charge on any atom is 0.290 e. The van der Waals surface area contributed by atoms with Crippen molar-refractivity contribution in [3.8, 4) is 0 Å². The van der Waals surface area contributed by atoms with Crippen LogP contribution in [0.15, 0.2) is 17.0 Å². The Hall–Kier alpha value is -3.28. The number of nitrogens with zero attached hydrogens (tertiary/aromatic N) is 4. The number of carboxylic acid groups (broad SMARTS) is 1. The van der Waals surface area contributed by atoms with Gasteiger partial charge in [0.2, 0.25) is 5.91 Å². The van der Waals surface area contributed by atoms with Crippen molar-refractivity contribution < 1.29 is 29.2 Å². The molecule has 0 bridgehead atoms. The molecule has 12 nitrogen and oxygen atoms in total. The number of hydrogen-bond acceptors (Lipinski definition) is 8. The lowest BCUT2D eigenvalue weighted by molar-refractivity contribution is -0.131. The van der Waals surface area contributed by atoms with E-state index in [1.807, 2.05) is 0 Å². The van der Waals surface area contributed by atoms with Crippen molar-refractivity contribution in [1.29, 1.82) is 0 Å². The standard InChI is InChI=1S/C12H16N6O4.CH2O2/c1-8-11(17-22-16-8)12(21)15-6-10(20)18(4-5-19)7-9-13-2-3-14-9;2-1-3/h2-3,19H,4-7H2,1H3,(H,13,14)(H,15,21);1H,(H,2,3). The minimum atomic E-state index is -0.547. The Kier molecular flexibility index (Phi) is 8.29. The number of aromatic nitrogens is 4. The molecule has 0 saturated carbocycles. The summed E-state index contributed by atoms with van der Waals surface area (Å²) in [6, 6.07) is 0. The molecule has 0 fully saturated rings. The number of aryl methyl sites for hydroxylation is 1. The second-order valence-electron chi connectivity index (χ2n) is 4.56. The number of nitrogens with one attached hydrogen (secondary N) is 2. The second kappa shape index (κ2) is 10.5. The van der Waals surface area contributed by atoms with Gasteiger partial charge in [0.25, 0.3) is 12.4 Å². The molecule has 0 atom stereocenters. The molecule has 0 aliphatic rings. The van der Waals surface area contributed by atoms with E-state index >= 15 is 0 Å². The fourth-order valence-electron chi connectivity index (χ4n) is 1.77. The molecule has 2 aromatic heterocycles. The third-order valence-electron chi connectivity index (χ3n) is 2.89. The van der Waals surface area contributed by atoms with Crippen molar-refractivity contribution in [3.05, 3.63) is 29.6 Å². The van der Waals surface area contributed by atoms with Gasteiger partial charge in [-0.25, -0.2) is 9.61 Å². The summed E-state index contributed by atoms with van der Waals surface area (Å²) in [6.45, 7) is 1.26. The topological polar surface area (TPSA) is 175 Å². The lowest BCUT2D eigenvalue weighted by Crippen LogP contribution is -2.41. The minimum Gasteiger partial charge on any atom is -0.483 e. The van der Waals surface area contributed by atoms with Crippen LogP contribution in [-0.4, -0.2) is 73.4 Å². The van der Waals surface area contributed by atoms with Gasteiger partial charge in [-0.2, -0.15) is 0 Å². The minimum absolute atomic E-state index is 0.0348. The van der Waals surface area contributed by atoms with Crippen LogP contribution in [-0.2, 0) is 16.1 Å². The van der Waals surface area contributed by atoms with Crippen LogP contribution in [0.1, 0.15) is 22.0 Å². The molecule has 12 heteroatoms. The summed E-state index contributed by atoms with van der Waals surface area (Å²) < 4.78 is 4.43. The van der Waals surface area contributed by atoms with E-state index in [1.165, 1.54) is 4.90 Å². The molecule has 0 aromatic carbocycles. The fraction of sp³-hybridized carbons (Fsp3) is 0.385. The highest BCUT2D eigenvalue weighted by atomic mass is 16.6. The maximum absolute atomic E-state index is 12.1. The van der Waals surface area contributed by atoms with Gasteiger partial charge in [0.1, 0.15) is 11.5 Å². The second-order valence-corrected chi connectivity index (χ2v) is 4.56. The van der Waals surface area contributed by atoms with Crippen LogP contribution in [0.3, 0.4) is 0 Å². The molecule has 4 N–H and O–H groups in total. The Morgan fingerprint density at radius 3 is 2.68 bits per heavy atom. The highest BCUT2D eigenvalue weighted by Gasteiger charge is 2.19. The molecule has 2 aromatic rings. The molecule has 2 heterocycles. The largest absolute Gasteiger partial charge is 0.483 e. The predicted octanol–water partition coefficient (Wildman–Crippen LogP) is -1.45. The zero-order chi connectivity index (χ0) is 18.7. The Morgan fingerprint density at radius 1 is 1.44 bits per heavy atom. The summed E-state index contributed by atoms with van der Waals surface area (Å²) in [5.74, 6) is -0.313. The first kappa shape index (κ1) is 19.8. The van der Waals surface area contributed by atoms with Gasteiger partial charge in [0.05, 0.1) is 19.7 Å². The molecule has 136 valence electrons. The average Bonchev–Trinajstić information content (AvgIpc) is 3.24. The van der Waals surface area contributed by atoms with Crippen molar-refractivity contribution in [3.63, 3.8) is 0 Å². The van der Waals surface area contributed by atoms with E-state index in [2.05, 4.69) is 30.2 Å². The maximum atomic E-state index is 12.1. The third kappa shape index (κ3) is 6.39. The van der Waals surface area contributed by atoms with E-state index in [0.29, 0.717) is 11.5 Å². The van der Waals surface area contributed by atoms with Gasteiger partial charge in [0.15, 0.2) is 5.69 Å². The average molecular weight is 354 g/mol. The van der Waals surface area contributed by atoms with E-state index in [0.717, 1.165) is 0 Å². The molecule has 2 amide bonds. The van der Waals surface area contributed by atoms with E-state index in [4.69, 9.17) is 15.0 Å². The number of aliphatic hydroxyl groups excluding tert-OH is 1. The Balaban J connectivity index is 0.000000970. The number of imidazole rings is 1. The number of amides is 2. The predicted molar refractivity (Wildman–Crippen MR) is 81.2 cm³/mol. The van der Waals surface area contributed by atoms with Gasteiger partial charge in [-0.05, 0) is 12.1 Å². The molecule has 0 saturated heterocycles. The molecule has 25 heavy (non-hydrogen) atoms. The van der Waals surface area contributed by atoms with E-state index in [1.54, 1.807) is 19.3 Å². The smallest absolute Gasteiger partial charge is 0.290 e. The summed E-state index contributed by atoms with van der Waals surface area (Å²) in [5, 5.41) is 25.3. The quantitative estimate of drug-likeness (QED) is 0.434. The monoisotopic (exact) mass is 354 g/mol. The van der Waals surface area contributed by atoms with Crippen molar-refractivity contribution in [2.75, 3.05) is 19.7 Å². The number of aromatic amines is 1. The highest BCUT2D eigenvalue weighted by molar-refractivity contribution is 5.95. The zero-order valence-corrected chi connectivity index (χ0v) is 13.4. The van der Waals surface area contributed by atoms with Gasteiger partial charge in [-0.3, -0.25) is 14.4 Å². The van der Waals surface area contributed by atoms with Crippen LogP contribution in [0, 0.1) is 6.92 Å². The summed E-state index contributed by atoms with van der Waals surface area (Å²) >= 11 is 0. The molecule has 0 aliphatic carbocycles. The summed E-state index contributed by atoms with van der Waals surface area (Å²) in [4.78, 5) is 40.6. The van der Waals surface area contributed by atoms with E-state index in [9.17, 15) is 9.59 Å². The normalized spacial score (nSPS) is 9.68. The van der Waals surface area contributed by atoms with Crippen molar-refractivity contribution in [1.82, 2.24) is 30.5 Å². The van der Waals surface area contributed by atoms with Gasteiger partial charge in [-0.1, -0.05) is 5.16 Å². The lowest BCUT2D eigenvalue weighted by Gasteiger charge is -2.20. The number of hydrogen-bond donors (Lipinski definition) is 4.